The predicted molar refractivity (Wildman–Crippen MR) is 106 cm³/mol. The van der Waals surface area contributed by atoms with E-state index in [1.807, 2.05) is 25.7 Å². The molecule has 0 bridgehead atoms. The first-order valence-corrected chi connectivity index (χ1v) is 9.87. The van der Waals surface area contributed by atoms with Gasteiger partial charge in [0.05, 0.1) is 17.9 Å². The number of carbonyl (C=O) groups excluding carboxylic acids is 2. The molecule has 1 aromatic rings. The highest BCUT2D eigenvalue weighted by molar-refractivity contribution is 5.89. The molecule has 28 heavy (non-hydrogen) atoms. The van der Waals surface area contributed by atoms with Gasteiger partial charge in [0.2, 0.25) is 5.91 Å². The van der Waals surface area contributed by atoms with Crippen molar-refractivity contribution in [3.63, 3.8) is 0 Å². The highest BCUT2D eigenvalue weighted by Gasteiger charge is 2.25. The zero-order chi connectivity index (χ0) is 20.3. The molecule has 2 heterocycles. The number of benzene rings is 1. The fourth-order valence-corrected chi connectivity index (χ4v) is 3.88. The SMILES string of the molecule is CC(CN1CCCC1=O)NC(=O)Nc1ccc(N2CC(C)OC(C)C2)c(F)c1. The third kappa shape index (κ3) is 5.13. The van der Waals surface area contributed by atoms with Gasteiger partial charge in [0, 0.05) is 44.3 Å². The average Bonchev–Trinajstić information content (AvgIpc) is 2.98. The van der Waals surface area contributed by atoms with Crippen LogP contribution in [0.15, 0.2) is 18.2 Å². The van der Waals surface area contributed by atoms with Gasteiger partial charge in [-0.05, 0) is 45.4 Å². The quantitative estimate of drug-likeness (QED) is 0.808. The van der Waals surface area contributed by atoms with Crippen molar-refractivity contribution in [1.29, 1.82) is 0 Å². The largest absolute Gasteiger partial charge is 0.372 e. The molecule has 3 unspecified atom stereocenters. The predicted octanol–water partition coefficient (Wildman–Crippen LogP) is 2.57. The summed E-state index contributed by atoms with van der Waals surface area (Å²) in [6, 6.07) is 4.09. The van der Waals surface area contributed by atoms with Crippen LogP contribution in [-0.2, 0) is 9.53 Å². The fraction of sp³-hybridized carbons (Fsp3) is 0.600. The highest BCUT2D eigenvalue weighted by atomic mass is 19.1. The first-order chi connectivity index (χ1) is 13.3. The molecule has 8 heteroatoms. The van der Waals surface area contributed by atoms with E-state index in [9.17, 15) is 14.0 Å². The van der Waals surface area contributed by atoms with E-state index in [2.05, 4.69) is 10.6 Å². The molecule has 3 rings (SSSR count). The van der Waals surface area contributed by atoms with E-state index in [1.165, 1.54) is 6.07 Å². The third-order valence-corrected chi connectivity index (χ3v) is 5.01. The number of rotatable bonds is 5. The maximum absolute atomic E-state index is 14.6. The van der Waals surface area contributed by atoms with Crippen LogP contribution in [0.1, 0.15) is 33.6 Å². The van der Waals surface area contributed by atoms with Crippen LogP contribution >= 0.6 is 0 Å². The summed E-state index contributed by atoms with van der Waals surface area (Å²) in [5, 5.41) is 5.45. The van der Waals surface area contributed by atoms with Gasteiger partial charge in [-0.15, -0.1) is 0 Å². The van der Waals surface area contributed by atoms with Gasteiger partial charge in [0.1, 0.15) is 5.82 Å². The Bertz CT molecular complexity index is 719. The van der Waals surface area contributed by atoms with E-state index in [0.717, 1.165) is 13.0 Å². The number of hydrogen-bond acceptors (Lipinski definition) is 4. The smallest absolute Gasteiger partial charge is 0.319 e. The minimum Gasteiger partial charge on any atom is -0.372 e. The lowest BCUT2D eigenvalue weighted by Gasteiger charge is -2.37. The number of anilines is 2. The number of halogens is 1. The minimum absolute atomic E-state index is 0.0377. The number of urea groups is 1. The van der Waals surface area contributed by atoms with Gasteiger partial charge < -0.3 is 25.2 Å². The number of morpholine rings is 1. The molecule has 3 amide bonds. The van der Waals surface area contributed by atoms with Gasteiger partial charge in [0.15, 0.2) is 0 Å². The van der Waals surface area contributed by atoms with Crippen molar-refractivity contribution in [3.05, 3.63) is 24.0 Å². The Morgan fingerprint density at radius 1 is 1.32 bits per heavy atom. The lowest BCUT2D eigenvalue weighted by Crippen LogP contribution is -2.45. The molecular weight excluding hydrogens is 363 g/mol. The molecule has 0 aliphatic carbocycles. The molecule has 2 N–H and O–H groups in total. The Morgan fingerprint density at radius 3 is 2.64 bits per heavy atom. The van der Waals surface area contributed by atoms with Crippen LogP contribution in [-0.4, -0.2) is 61.3 Å². The Hall–Kier alpha value is -2.35. The van der Waals surface area contributed by atoms with Crippen molar-refractivity contribution in [1.82, 2.24) is 10.2 Å². The third-order valence-electron chi connectivity index (χ3n) is 5.01. The van der Waals surface area contributed by atoms with E-state index in [4.69, 9.17) is 4.74 Å². The van der Waals surface area contributed by atoms with Crippen LogP contribution < -0.4 is 15.5 Å². The van der Waals surface area contributed by atoms with Crippen molar-refractivity contribution >= 4 is 23.3 Å². The first-order valence-electron chi connectivity index (χ1n) is 9.87. The Morgan fingerprint density at radius 2 is 2.04 bits per heavy atom. The van der Waals surface area contributed by atoms with Crippen molar-refractivity contribution in [3.8, 4) is 0 Å². The molecule has 2 aliphatic heterocycles. The molecule has 1 aromatic carbocycles. The van der Waals surface area contributed by atoms with Crippen LogP contribution in [0, 0.1) is 5.82 Å². The maximum Gasteiger partial charge on any atom is 0.319 e. The van der Waals surface area contributed by atoms with Crippen LogP contribution in [0.3, 0.4) is 0 Å². The zero-order valence-electron chi connectivity index (χ0n) is 16.7. The Kier molecular flexibility index (Phi) is 6.39. The highest BCUT2D eigenvalue weighted by Crippen LogP contribution is 2.26. The Balaban J connectivity index is 1.55. The summed E-state index contributed by atoms with van der Waals surface area (Å²) >= 11 is 0. The van der Waals surface area contributed by atoms with E-state index >= 15 is 0 Å². The van der Waals surface area contributed by atoms with Gasteiger partial charge in [-0.3, -0.25) is 4.79 Å². The summed E-state index contributed by atoms with van der Waals surface area (Å²) in [6.07, 6.45) is 1.52. The average molecular weight is 392 g/mol. The number of nitrogens with one attached hydrogen (secondary N) is 2. The number of amides is 3. The molecule has 2 saturated heterocycles. The zero-order valence-corrected chi connectivity index (χ0v) is 16.7. The fourth-order valence-electron chi connectivity index (χ4n) is 3.88. The van der Waals surface area contributed by atoms with Gasteiger partial charge in [-0.2, -0.15) is 0 Å². The van der Waals surface area contributed by atoms with Crippen molar-refractivity contribution in [2.24, 2.45) is 0 Å². The standard InChI is InChI=1S/C20H29FN4O3/c1-13(10-24-8-4-5-19(24)26)22-20(27)23-16-6-7-18(17(21)9-16)25-11-14(2)28-15(3)12-25/h6-7,9,13-15H,4-5,8,10-12H2,1-3H3,(H2,22,23,27). The van der Waals surface area contributed by atoms with Gasteiger partial charge >= 0.3 is 6.03 Å². The van der Waals surface area contributed by atoms with E-state index < -0.39 is 6.03 Å². The van der Waals surface area contributed by atoms with Gasteiger partial charge in [-0.1, -0.05) is 0 Å². The van der Waals surface area contributed by atoms with Crippen LogP contribution in [0.5, 0.6) is 0 Å². The van der Waals surface area contributed by atoms with Crippen LogP contribution in [0.4, 0.5) is 20.6 Å². The van der Waals surface area contributed by atoms with Crippen molar-refractivity contribution in [2.75, 3.05) is 36.4 Å². The molecule has 3 atom stereocenters. The summed E-state index contributed by atoms with van der Waals surface area (Å²) in [6.45, 7) is 8.25. The first kappa shape index (κ1) is 20.4. The summed E-state index contributed by atoms with van der Waals surface area (Å²) in [5.41, 5.74) is 0.895. The second-order valence-corrected chi connectivity index (χ2v) is 7.77. The molecule has 7 nitrogen and oxygen atoms in total. The second-order valence-electron chi connectivity index (χ2n) is 7.77. The van der Waals surface area contributed by atoms with Crippen LogP contribution in [0.2, 0.25) is 0 Å². The van der Waals surface area contributed by atoms with Gasteiger partial charge in [0.25, 0.3) is 0 Å². The monoisotopic (exact) mass is 392 g/mol. The maximum atomic E-state index is 14.6. The number of nitrogens with zero attached hydrogens (tertiary/aromatic N) is 2. The second kappa shape index (κ2) is 8.77. The molecule has 0 aromatic heterocycles. The molecule has 0 saturated carbocycles. The van der Waals surface area contributed by atoms with E-state index in [-0.39, 0.29) is 30.0 Å². The molecule has 154 valence electrons. The summed E-state index contributed by atoms with van der Waals surface area (Å²) in [5.74, 6) is -0.256. The Labute approximate surface area is 165 Å². The molecule has 0 spiro atoms. The number of ether oxygens (including phenoxy) is 1. The number of hydrogen-bond donors (Lipinski definition) is 2. The molecule has 2 fully saturated rings. The normalized spacial score (nSPS) is 23.6. The summed E-state index contributed by atoms with van der Waals surface area (Å²) in [7, 11) is 0. The topological polar surface area (TPSA) is 73.9 Å². The summed E-state index contributed by atoms with van der Waals surface area (Å²) < 4.78 is 20.3. The number of likely N-dealkylation sites (tertiary alicyclic amines) is 1. The summed E-state index contributed by atoms with van der Waals surface area (Å²) in [4.78, 5) is 27.6. The molecule has 0 radical (unpaired) electrons. The lowest BCUT2D eigenvalue weighted by molar-refractivity contribution is -0.127. The van der Waals surface area contributed by atoms with Crippen LogP contribution in [0.25, 0.3) is 0 Å². The minimum atomic E-state index is -0.417. The molecular formula is C20H29FN4O3. The molecule has 2 aliphatic rings. The lowest BCUT2D eigenvalue weighted by atomic mass is 10.2. The number of carbonyl (C=O) groups is 2. The van der Waals surface area contributed by atoms with Gasteiger partial charge in [-0.25, -0.2) is 9.18 Å². The van der Waals surface area contributed by atoms with E-state index in [0.29, 0.717) is 37.4 Å². The van der Waals surface area contributed by atoms with Crippen molar-refractivity contribution < 1.29 is 18.7 Å². The van der Waals surface area contributed by atoms with Crippen molar-refractivity contribution in [2.45, 2.75) is 51.9 Å². The van der Waals surface area contributed by atoms with E-state index in [1.54, 1.807) is 17.0 Å².